The lowest BCUT2D eigenvalue weighted by Gasteiger charge is -2.20. The second-order valence-corrected chi connectivity index (χ2v) is 6.90. The highest BCUT2D eigenvalue weighted by atomic mass is 19.1. The summed E-state index contributed by atoms with van der Waals surface area (Å²) in [6.07, 6.45) is 4.77. The fourth-order valence-electron chi connectivity index (χ4n) is 3.95. The molecule has 0 unspecified atom stereocenters. The van der Waals surface area contributed by atoms with Crippen LogP contribution >= 0.6 is 0 Å². The molecule has 3 rings (SSSR count). The lowest BCUT2D eigenvalue weighted by molar-refractivity contribution is 0.101. The van der Waals surface area contributed by atoms with E-state index in [0.717, 1.165) is 35.0 Å². The Hall–Kier alpha value is -1.64. The fraction of sp³-hybridized carbons (Fsp3) is 0.526. The first kappa shape index (κ1) is 15.3. The molecule has 0 radical (unpaired) electrons. The van der Waals surface area contributed by atoms with Crippen LogP contribution in [0.3, 0.4) is 0 Å². The van der Waals surface area contributed by atoms with E-state index in [1.54, 1.807) is 19.9 Å². The zero-order valence-electron chi connectivity index (χ0n) is 13.9. The number of aryl methyl sites for hydroxylation is 1. The lowest BCUT2D eigenvalue weighted by Crippen LogP contribution is -2.12. The zero-order valence-corrected chi connectivity index (χ0v) is 13.9. The number of hydrogen-bond acceptors (Lipinski definition) is 1. The van der Waals surface area contributed by atoms with E-state index in [9.17, 15) is 9.18 Å². The number of halogens is 1. The van der Waals surface area contributed by atoms with Gasteiger partial charge < -0.3 is 4.57 Å². The Kier molecular flexibility index (Phi) is 3.84. The molecule has 2 nitrogen and oxygen atoms in total. The minimum atomic E-state index is -0.228. The number of aromatic nitrogens is 1. The van der Waals surface area contributed by atoms with Gasteiger partial charge in [-0.1, -0.05) is 26.7 Å². The summed E-state index contributed by atoms with van der Waals surface area (Å²) in [7, 11) is 0. The number of hydrogen-bond donors (Lipinski definition) is 0. The maximum absolute atomic E-state index is 14.1. The monoisotopic (exact) mass is 301 g/mol. The molecule has 1 aromatic carbocycles. The van der Waals surface area contributed by atoms with Gasteiger partial charge in [0.2, 0.25) is 0 Å². The van der Waals surface area contributed by atoms with E-state index in [-0.39, 0.29) is 17.5 Å². The Morgan fingerprint density at radius 2 is 1.91 bits per heavy atom. The van der Waals surface area contributed by atoms with Gasteiger partial charge in [0.25, 0.3) is 0 Å². The third-order valence-electron chi connectivity index (χ3n) is 4.91. The third kappa shape index (κ3) is 2.27. The number of fused-ring (bicyclic) bond motifs is 1. The van der Waals surface area contributed by atoms with Crippen molar-refractivity contribution in [3.63, 3.8) is 0 Å². The van der Waals surface area contributed by atoms with Gasteiger partial charge in [-0.25, -0.2) is 4.39 Å². The molecule has 1 aliphatic carbocycles. The van der Waals surface area contributed by atoms with Gasteiger partial charge in [0.05, 0.1) is 0 Å². The molecule has 0 N–H and O–H groups in total. The summed E-state index contributed by atoms with van der Waals surface area (Å²) in [5.41, 5.74) is 3.48. The lowest BCUT2D eigenvalue weighted by atomic mass is 10.00. The Bertz CT molecular complexity index is 736. The second-order valence-electron chi connectivity index (χ2n) is 6.90. The summed E-state index contributed by atoms with van der Waals surface area (Å²) in [5.74, 6) is 0.0536. The van der Waals surface area contributed by atoms with Crippen molar-refractivity contribution in [2.75, 3.05) is 0 Å². The van der Waals surface area contributed by atoms with Crippen LogP contribution in [0.5, 0.6) is 0 Å². The highest BCUT2D eigenvalue weighted by molar-refractivity contribution is 6.08. The van der Waals surface area contributed by atoms with Crippen LogP contribution in [0.25, 0.3) is 10.9 Å². The fourth-order valence-corrected chi connectivity index (χ4v) is 3.95. The Morgan fingerprint density at radius 3 is 2.45 bits per heavy atom. The van der Waals surface area contributed by atoms with Crippen LogP contribution in [-0.4, -0.2) is 10.4 Å². The van der Waals surface area contributed by atoms with Crippen LogP contribution in [0, 0.1) is 12.7 Å². The maximum atomic E-state index is 14.1. The minimum Gasteiger partial charge on any atom is -0.341 e. The molecule has 0 atom stereocenters. The van der Waals surface area contributed by atoms with E-state index < -0.39 is 0 Å². The maximum Gasteiger partial charge on any atom is 0.162 e. The quantitative estimate of drug-likeness (QED) is 0.683. The molecule has 1 aromatic heterocycles. The van der Waals surface area contributed by atoms with Gasteiger partial charge in [0.15, 0.2) is 5.78 Å². The van der Waals surface area contributed by atoms with E-state index in [1.807, 2.05) is 6.07 Å². The molecule has 0 saturated heterocycles. The van der Waals surface area contributed by atoms with Crippen molar-refractivity contribution in [3.8, 4) is 0 Å². The summed E-state index contributed by atoms with van der Waals surface area (Å²) < 4.78 is 16.4. The van der Waals surface area contributed by atoms with Crippen molar-refractivity contribution in [2.45, 2.75) is 65.3 Å². The van der Waals surface area contributed by atoms with E-state index >= 15 is 0 Å². The number of nitrogens with zero attached hydrogens (tertiary/aromatic N) is 1. The van der Waals surface area contributed by atoms with Gasteiger partial charge in [0, 0.05) is 28.2 Å². The normalized spacial score (nSPS) is 16.1. The standard InChI is InChI=1S/C19H24FNO/c1-11(2)19-18(13(4)22)15-10-16(20)12(3)9-17(15)21(19)14-7-5-6-8-14/h9-11,14H,5-8H2,1-4H3. The van der Waals surface area contributed by atoms with Crippen LogP contribution in [0.4, 0.5) is 4.39 Å². The predicted octanol–water partition coefficient (Wildman–Crippen LogP) is 5.53. The molecule has 1 saturated carbocycles. The predicted molar refractivity (Wildman–Crippen MR) is 88.2 cm³/mol. The molecule has 0 aliphatic heterocycles. The van der Waals surface area contributed by atoms with Gasteiger partial charge in [-0.15, -0.1) is 0 Å². The van der Waals surface area contributed by atoms with Crippen LogP contribution < -0.4 is 0 Å². The molecule has 1 heterocycles. The van der Waals surface area contributed by atoms with Crippen molar-refractivity contribution in [1.29, 1.82) is 0 Å². The second kappa shape index (κ2) is 5.53. The van der Waals surface area contributed by atoms with Crippen molar-refractivity contribution >= 4 is 16.7 Å². The van der Waals surface area contributed by atoms with E-state index in [4.69, 9.17) is 0 Å². The molecule has 2 aromatic rings. The number of ketones is 1. The number of benzene rings is 1. The van der Waals surface area contributed by atoms with Gasteiger partial charge in [0.1, 0.15) is 5.82 Å². The SMILES string of the molecule is CC(=O)c1c(C(C)C)n(C2CCCC2)c2cc(C)c(F)cc12. The first-order valence-electron chi connectivity index (χ1n) is 8.26. The third-order valence-corrected chi connectivity index (χ3v) is 4.91. The number of rotatable bonds is 3. The average Bonchev–Trinajstić information content (AvgIpc) is 3.04. The molecular formula is C19H24FNO. The van der Waals surface area contributed by atoms with Crippen molar-refractivity contribution < 1.29 is 9.18 Å². The molecule has 3 heteroatoms. The van der Waals surface area contributed by atoms with Crippen LogP contribution in [0.1, 0.15) is 80.0 Å². The van der Waals surface area contributed by atoms with Crippen molar-refractivity contribution in [3.05, 3.63) is 34.8 Å². The minimum absolute atomic E-state index is 0.0358. The van der Waals surface area contributed by atoms with Crippen LogP contribution in [0.15, 0.2) is 12.1 Å². The molecular weight excluding hydrogens is 277 g/mol. The Balaban J connectivity index is 2.41. The van der Waals surface area contributed by atoms with Crippen molar-refractivity contribution in [1.82, 2.24) is 4.57 Å². The molecule has 0 bridgehead atoms. The van der Waals surface area contributed by atoms with Gasteiger partial charge in [-0.2, -0.15) is 0 Å². The Morgan fingerprint density at radius 1 is 1.27 bits per heavy atom. The summed E-state index contributed by atoms with van der Waals surface area (Å²) >= 11 is 0. The van der Waals surface area contributed by atoms with Crippen molar-refractivity contribution in [2.24, 2.45) is 0 Å². The number of carbonyl (C=O) groups is 1. The van der Waals surface area contributed by atoms with E-state index in [1.165, 1.54) is 12.8 Å². The summed E-state index contributed by atoms with van der Waals surface area (Å²) in [5, 5.41) is 0.784. The molecule has 0 spiro atoms. The number of carbonyl (C=O) groups excluding carboxylic acids is 1. The zero-order chi connectivity index (χ0) is 16.0. The highest BCUT2D eigenvalue weighted by Gasteiger charge is 2.28. The first-order valence-corrected chi connectivity index (χ1v) is 8.26. The smallest absolute Gasteiger partial charge is 0.162 e. The molecule has 0 amide bonds. The summed E-state index contributed by atoms with van der Waals surface area (Å²) in [6.45, 7) is 7.63. The van der Waals surface area contributed by atoms with Crippen LogP contribution in [-0.2, 0) is 0 Å². The molecule has 22 heavy (non-hydrogen) atoms. The van der Waals surface area contributed by atoms with Crippen LogP contribution in [0.2, 0.25) is 0 Å². The highest BCUT2D eigenvalue weighted by Crippen LogP contribution is 2.40. The molecule has 1 fully saturated rings. The van der Waals surface area contributed by atoms with E-state index in [0.29, 0.717) is 11.6 Å². The van der Waals surface area contributed by atoms with E-state index in [2.05, 4.69) is 18.4 Å². The first-order chi connectivity index (χ1) is 10.4. The number of Topliss-reactive ketones (excluding diaryl/α,β-unsaturated/α-hetero) is 1. The summed E-state index contributed by atoms with van der Waals surface area (Å²) in [4.78, 5) is 12.3. The summed E-state index contributed by atoms with van der Waals surface area (Å²) in [6, 6.07) is 3.91. The van der Waals surface area contributed by atoms with Gasteiger partial charge in [-0.05, 0) is 50.3 Å². The van der Waals surface area contributed by atoms with Gasteiger partial charge >= 0.3 is 0 Å². The topological polar surface area (TPSA) is 22.0 Å². The Labute approximate surface area is 131 Å². The largest absolute Gasteiger partial charge is 0.341 e. The van der Waals surface area contributed by atoms with Gasteiger partial charge in [-0.3, -0.25) is 4.79 Å². The molecule has 118 valence electrons. The average molecular weight is 301 g/mol. The molecule has 1 aliphatic rings.